The molecule has 170 valence electrons. The number of fused-ring (bicyclic) bond motifs is 1. The molecule has 3 aromatic rings. The van der Waals surface area contributed by atoms with Gasteiger partial charge in [0.2, 0.25) is 5.75 Å². The van der Waals surface area contributed by atoms with Gasteiger partial charge in [0.25, 0.3) is 5.56 Å². The highest BCUT2D eigenvalue weighted by Gasteiger charge is 2.24. The summed E-state index contributed by atoms with van der Waals surface area (Å²) >= 11 is 1.16. The van der Waals surface area contributed by atoms with Crippen LogP contribution in [-0.2, 0) is 16.1 Å². The summed E-state index contributed by atoms with van der Waals surface area (Å²) < 4.78 is 23.1. The van der Waals surface area contributed by atoms with Gasteiger partial charge in [0.1, 0.15) is 10.8 Å². The Kier molecular flexibility index (Phi) is 7.63. The minimum absolute atomic E-state index is 0.274. The van der Waals surface area contributed by atoms with Crippen molar-refractivity contribution in [1.82, 2.24) is 9.55 Å². The Morgan fingerprint density at radius 3 is 2.38 bits per heavy atom. The van der Waals surface area contributed by atoms with Crippen LogP contribution in [0.5, 0.6) is 17.2 Å². The molecule has 0 aliphatic heterocycles. The molecule has 32 heavy (non-hydrogen) atoms. The number of esters is 1. The van der Waals surface area contributed by atoms with E-state index in [2.05, 4.69) is 0 Å². The van der Waals surface area contributed by atoms with Crippen molar-refractivity contribution in [3.63, 3.8) is 0 Å². The second kappa shape index (κ2) is 10.4. The van der Waals surface area contributed by atoms with Gasteiger partial charge in [-0.3, -0.25) is 14.2 Å². The van der Waals surface area contributed by atoms with E-state index in [9.17, 15) is 9.59 Å². The third-order valence-corrected chi connectivity index (χ3v) is 5.87. The van der Waals surface area contributed by atoms with Crippen molar-refractivity contribution in [2.45, 2.75) is 30.8 Å². The molecule has 0 fully saturated rings. The second-order valence-electron chi connectivity index (χ2n) is 6.82. The lowest BCUT2D eigenvalue weighted by Gasteiger charge is -2.18. The average Bonchev–Trinajstić information content (AvgIpc) is 2.81. The minimum Gasteiger partial charge on any atom is -0.493 e. The van der Waals surface area contributed by atoms with E-state index in [1.165, 1.54) is 21.3 Å². The lowest BCUT2D eigenvalue weighted by Crippen LogP contribution is -2.26. The third-order valence-electron chi connectivity index (χ3n) is 4.80. The summed E-state index contributed by atoms with van der Waals surface area (Å²) in [6.45, 7) is 4.03. The van der Waals surface area contributed by atoms with E-state index in [4.69, 9.17) is 23.9 Å². The van der Waals surface area contributed by atoms with E-state index < -0.39 is 5.25 Å². The van der Waals surface area contributed by atoms with Gasteiger partial charge >= 0.3 is 5.97 Å². The highest BCUT2D eigenvalue weighted by atomic mass is 32.2. The Bertz CT molecular complexity index is 1160. The molecular formula is C23H26N2O6S. The van der Waals surface area contributed by atoms with Crippen molar-refractivity contribution in [2.24, 2.45) is 0 Å². The van der Waals surface area contributed by atoms with Crippen LogP contribution >= 0.6 is 11.8 Å². The molecule has 1 atom stereocenters. The van der Waals surface area contributed by atoms with Gasteiger partial charge in [-0.1, -0.05) is 42.1 Å². The van der Waals surface area contributed by atoms with Gasteiger partial charge in [-0.25, -0.2) is 4.98 Å². The standard InChI is InChI=1S/C23H26N2O6S/c1-6-31-22(27)14(2)32-23-24-18-16(12-17(28-3)19(29-4)20(18)30-5)21(26)25(23)13-15-10-8-7-9-11-15/h7-12,14H,6,13H2,1-5H3/t14-/m0/s1. The molecule has 2 aromatic carbocycles. The minimum atomic E-state index is -0.563. The van der Waals surface area contributed by atoms with E-state index in [0.717, 1.165) is 17.3 Å². The Morgan fingerprint density at radius 1 is 1.09 bits per heavy atom. The Balaban J connectivity index is 2.26. The van der Waals surface area contributed by atoms with Crippen LogP contribution in [0.3, 0.4) is 0 Å². The molecule has 0 saturated heterocycles. The summed E-state index contributed by atoms with van der Waals surface area (Å²) in [5, 5.41) is 0.133. The molecule has 8 nitrogen and oxygen atoms in total. The summed E-state index contributed by atoms with van der Waals surface area (Å²) in [5.41, 5.74) is 0.975. The van der Waals surface area contributed by atoms with Gasteiger partial charge < -0.3 is 18.9 Å². The fraction of sp³-hybridized carbons (Fsp3) is 0.348. The zero-order chi connectivity index (χ0) is 23.3. The normalized spacial score (nSPS) is 11.8. The monoisotopic (exact) mass is 458 g/mol. The predicted molar refractivity (Wildman–Crippen MR) is 123 cm³/mol. The number of rotatable bonds is 9. The molecule has 0 bridgehead atoms. The molecule has 1 aromatic heterocycles. The van der Waals surface area contributed by atoms with Gasteiger partial charge in [0.15, 0.2) is 16.7 Å². The summed E-state index contributed by atoms with van der Waals surface area (Å²) in [4.78, 5) is 30.6. The molecular weight excluding hydrogens is 432 g/mol. The van der Waals surface area contributed by atoms with E-state index in [1.807, 2.05) is 30.3 Å². The Labute approximate surface area is 190 Å². The number of carbonyl (C=O) groups excluding carboxylic acids is 1. The summed E-state index contributed by atoms with van der Waals surface area (Å²) in [5.74, 6) is 0.612. The fourth-order valence-electron chi connectivity index (χ4n) is 3.26. The molecule has 3 rings (SSSR count). The van der Waals surface area contributed by atoms with Gasteiger partial charge in [0, 0.05) is 0 Å². The molecule has 0 spiro atoms. The lowest BCUT2D eigenvalue weighted by molar-refractivity contribution is -0.142. The summed E-state index contributed by atoms with van der Waals surface area (Å²) in [6, 6.07) is 11.2. The maximum Gasteiger partial charge on any atom is 0.319 e. The van der Waals surface area contributed by atoms with Crippen LogP contribution in [0.1, 0.15) is 19.4 Å². The average molecular weight is 459 g/mol. The molecule has 0 aliphatic carbocycles. The van der Waals surface area contributed by atoms with Crippen LogP contribution in [0.2, 0.25) is 0 Å². The maximum absolute atomic E-state index is 13.6. The first kappa shape index (κ1) is 23.5. The highest BCUT2D eigenvalue weighted by Crippen LogP contribution is 2.42. The molecule has 0 N–H and O–H groups in total. The molecule has 9 heteroatoms. The first-order valence-corrected chi connectivity index (χ1v) is 10.9. The van der Waals surface area contributed by atoms with Crippen molar-refractivity contribution in [3.05, 3.63) is 52.3 Å². The van der Waals surface area contributed by atoms with Crippen molar-refractivity contribution >= 4 is 28.6 Å². The number of carbonyl (C=O) groups is 1. The van der Waals surface area contributed by atoms with Gasteiger partial charge in [-0.2, -0.15) is 0 Å². The zero-order valence-corrected chi connectivity index (χ0v) is 19.5. The maximum atomic E-state index is 13.6. The fourth-order valence-corrected chi connectivity index (χ4v) is 4.16. The quantitative estimate of drug-likeness (QED) is 0.273. The predicted octanol–water partition coefficient (Wildman–Crippen LogP) is 3.51. The van der Waals surface area contributed by atoms with E-state index in [0.29, 0.717) is 27.6 Å². The highest BCUT2D eigenvalue weighted by molar-refractivity contribution is 8.00. The summed E-state index contributed by atoms with van der Waals surface area (Å²) in [6.07, 6.45) is 0. The Morgan fingerprint density at radius 2 is 1.78 bits per heavy atom. The molecule has 0 amide bonds. The van der Waals surface area contributed by atoms with Crippen LogP contribution in [-0.4, -0.2) is 48.7 Å². The van der Waals surface area contributed by atoms with Gasteiger partial charge in [-0.15, -0.1) is 0 Å². The van der Waals surface area contributed by atoms with Crippen LogP contribution in [0.15, 0.2) is 46.3 Å². The smallest absolute Gasteiger partial charge is 0.319 e. The zero-order valence-electron chi connectivity index (χ0n) is 18.7. The summed E-state index contributed by atoms with van der Waals surface area (Å²) in [7, 11) is 4.45. The molecule has 0 radical (unpaired) electrons. The first-order chi connectivity index (χ1) is 15.4. The largest absolute Gasteiger partial charge is 0.493 e. The van der Waals surface area contributed by atoms with Crippen molar-refractivity contribution in [1.29, 1.82) is 0 Å². The molecule has 0 unspecified atom stereocenters. The Hall–Kier alpha value is -3.20. The van der Waals surface area contributed by atoms with E-state index >= 15 is 0 Å². The lowest BCUT2D eigenvalue weighted by atomic mass is 10.2. The number of hydrogen-bond acceptors (Lipinski definition) is 8. The number of aromatic nitrogens is 2. The first-order valence-electron chi connectivity index (χ1n) is 10.1. The van der Waals surface area contributed by atoms with E-state index in [-0.39, 0.29) is 30.4 Å². The van der Waals surface area contributed by atoms with Gasteiger partial charge in [0.05, 0.1) is 39.9 Å². The van der Waals surface area contributed by atoms with Crippen LogP contribution in [0.4, 0.5) is 0 Å². The van der Waals surface area contributed by atoms with Crippen molar-refractivity contribution in [3.8, 4) is 17.2 Å². The number of nitrogens with zero attached hydrogens (tertiary/aromatic N) is 2. The molecule has 1 heterocycles. The second-order valence-corrected chi connectivity index (χ2v) is 8.13. The van der Waals surface area contributed by atoms with Gasteiger partial charge in [-0.05, 0) is 25.5 Å². The van der Waals surface area contributed by atoms with E-state index in [1.54, 1.807) is 24.5 Å². The number of methoxy groups -OCH3 is 3. The number of hydrogen-bond donors (Lipinski definition) is 0. The third kappa shape index (κ3) is 4.67. The number of ether oxygens (including phenoxy) is 4. The molecule has 0 saturated carbocycles. The number of benzene rings is 2. The molecule has 0 aliphatic rings. The van der Waals surface area contributed by atoms with Crippen LogP contribution < -0.4 is 19.8 Å². The van der Waals surface area contributed by atoms with Crippen LogP contribution in [0.25, 0.3) is 10.9 Å². The van der Waals surface area contributed by atoms with Crippen molar-refractivity contribution in [2.75, 3.05) is 27.9 Å². The number of thioether (sulfide) groups is 1. The topological polar surface area (TPSA) is 88.9 Å². The SMILES string of the molecule is CCOC(=O)[C@H](C)Sc1nc2c(OC)c(OC)c(OC)cc2c(=O)n1Cc1ccccc1. The van der Waals surface area contributed by atoms with Crippen molar-refractivity contribution < 1.29 is 23.7 Å². The van der Waals surface area contributed by atoms with Crippen LogP contribution in [0, 0.1) is 0 Å².